The van der Waals surface area contributed by atoms with Gasteiger partial charge in [0.25, 0.3) is 0 Å². The molecule has 0 aromatic carbocycles. The van der Waals surface area contributed by atoms with Crippen molar-refractivity contribution < 1.29 is 28.5 Å². The molecule has 2 aromatic rings. The topological polar surface area (TPSA) is 141 Å². The van der Waals surface area contributed by atoms with Crippen molar-refractivity contribution in [2.24, 2.45) is 5.92 Å². The van der Waals surface area contributed by atoms with E-state index in [0.29, 0.717) is 35.9 Å². The van der Waals surface area contributed by atoms with Gasteiger partial charge in [-0.15, -0.1) is 0 Å². The molecule has 0 bridgehead atoms. The van der Waals surface area contributed by atoms with Crippen molar-refractivity contribution in [2.45, 2.75) is 45.6 Å². The Kier molecular flexibility index (Phi) is 4.53. The quantitative estimate of drug-likeness (QED) is 0.711. The molecule has 2 aliphatic heterocycles. The average Bonchev–Trinajstić information content (AvgIpc) is 3.22. The van der Waals surface area contributed by atoms with Gasteiger partial charge >= 0.3 is 11.9 Å². The van der Waals surface area contributed by atoms with Gasteiger partial charge in [0, 0.05) is 20.3 Å². The van der Waals surface area contributed by atoms with Crippen LogP contribution in [0.4, 0.5) is 5.95 Å². The Balaban J connectivity index is 1.71. The molecule has 0 saturated carbocycles. The maximum absolute atomic E-state index is 11.6. The van der Waals surface area contributed by atoms with Gasteiger partial charge in [-0.05, 0) is 6.92 Å². The minimum atomic E-state index is -0.584. The lowest BCUT2D eigenvalue weighted by Crippen LogP contribution is -2.35. The van der Waals surface area contributed by atoms with E-state index in [9.17, 15) is 9.59 Å². The fourth-order valence-corrected chi connectivity index (χ4v) is 3.82. The summed E-state index contributed by atoms with van der Waals surface area (Å²) in [6.07, 6.45) is -1.13. The molecule has 0 amide bonds. The number of ether oxygens (including phenoxy) is 4. The highest BCUT2D eigenvalue weighted by Gasteiger charge is 2.53. The summed E-state index contributed by atoms with van der Waals surface area (Å²) in [5, 5.41) is 0. The first-order valence-electron chi connectivity index (χ1n) is 9.02. The van der Waals surface area contributed by atoms with E-state index in [-0.39, 0.29) is 18.5 Å². The highest BCUT2D eigenvalue weighted by atomic mass is 16.6. The third-order valence-electron chi connectivity index (χ3n) is 4.77. The number of anilines is 1. The van der Waals surface area contributed by atoms with Crippen molar-refractivity contribution in [3.05, 3.63) is 5.82 Å². The molecule has 0 unspecified atom stereocenters. The maximum Gasteiger partial charge on any atom is 0.303 e. The van der Waals surface area contributed by atoms with Gasteiger partial charge in [0.1, 0.15) is 30.9 Å². The highest BCUT2D eigenvalue weighted by molar-refractivity contribution is 5.79. The first-order valence-corrected chi connectivity index (χ1v) is 9.02. The lowest BCUT2D eigenvalue weighted by Gasteiger charge is -2.20. The summed E-state index contributed by atoms with van der Waals surface area (Å²) in [6.45, 7) is 4.89. The van der Waals surface area contributed by atoms with Crippen LogP contribution in [0.15, 0.2) is 0 Å². The number of aromatic nitrogens is 4. The summed E-state index contributed by atoms with van der Waals surface area (Å²) in [5.74, 6) is 0.0547. The molecule has 1 fully saturated rings. The Morgan fingerprint density at radius 2 is 2.04 bits per heavy atom. The lowest BCUT2D eigenvalue weighted by molar-refractivity contribution is -0.156. The number of hydrogen-bond acceptors (Lipinski definition) is 10. The van der Waals surface area contributed by atoms with Crippen LogP contribution >= 0.6 is 0 Å². The van der Waals surface area contributed by atoms with Crippen LogP contribution in [0, 0.1) is 5.92 Å². The molecule has 0 spiro atoms. The number of nitrogens with two attached hydrogens (primary N) is 1. The van der Waals surface area contributed by atoms with Gasteiger partial charge < -0.3 is 24.7 Å². The van der Waals surface area contributed by atoms with Crippen LogP contribution in [0.5, 0.6) is 5.88 Å². The second-order valence-corrected chi connectivity index (χ2v) is 6.70. The Hall–Kier alpha value is -2.95. The van der Waals surface area contributed by atoms with E-state index < -0.39 is 30.4 Å². The number of carbonyl (C=O) groups is 2. The van der Waals surface area contributed by atoms with Gasteiger partial charge in [0.2, 0.25) is 11.8 Å². The average molecular weight is 391 g/mol. The van der Waals surface area contributed by atoms with Crippen LogP contribution in [-0.4, -0.2) is 56.9 Å². The van der Waals surface area contributed by atoms with Crippen LogP contribution in [-0.2, 0) is 30.2 Å². The summed E-state index contributed by atoms with van der Waals surface area (Å²) < 4.78 is 24.0. The molecular formula is C17H21N5O6. The summed E-state index contributed by atoms with van der Waals surface area (Å²) in [4.78, 5) is 35.8. The molecule has 2 N–H and O–H groups in total. The van der Waals surface area contributed by atoms with E-state index in [1.807, 2.05) is 11.5 Å². The van der Waals surface area contributed by atoms with Crippen molar-refractivity contribution in [1.82, 2.24) is 19.5 Å². The first-order chi connectivity index (χ1) is 13.4. The molecule has 0 radical (unpaired) electrons. The van der Waals surface area contributed by atoms with Crippen molar-refractivity contribution in [3.63, 3.8) is 0 Å². The van der Waals surface area contributed by atoms with E-state index in [2.05, 4.69) is 15.0 Å². The second kappa shape index (κ2) is 6.89. The van der Waals surface area contributed by atoms with E-state index in [0.717, 1.165) is 0 Å². The number of rotatable bonds is 5. The highest BCUT2D eigenvalue weighted by Crippen LogP contribution is 2.46. The maximum atomic E-state index is 11.6. The molecule has 11 nitrogen and oxygen atoms in total. The lowest BCUT2D eigenvalue weighted by atomic mass is 9.98. The zero-order chi connectivity index (χ0) is 20.0. The molecule has 2 aromatic heterocycles. The van der Waals surface area contributed by atoms with E-state index in [4.69, 9.17) is 24.7 Å². The number of carbonyl (C=O) groups excluding carboxylic acids is 2. The van der Waals surface area contributed by atoms with Crippen molar-refractivity contribution in [2.75, 3.05) is 18.9 Å². The van der Waals surface area contributed by atoms with Crippen LogP contribution in [0.2, 0.25) is 0 Å². The van der Waals surface area contributed by atoms with Crippen LogP contribution in [0.1, 0.15) is 32.8 Å². The second-order valence-electron chi connectivity index (χ2n) is 6.70. The molecule has 0 aliphatic carbocycles. The molecule has 4 atom stereocenters. The predicted octanol–water partition coefficient (Wildman–Crippen LogP) is 0.372. The van der Waals surface area contributed by atoms with Gasteiger partial charge in [0.15, 0.2) is 11.2 Å². The number of nitrogen functional groups attached to an aromatic ring is 1. The molecule has 11 heteroatoms. The smallest absolute Gasteiger partial charge is 0.303 e. The molecule has 2 aliphatic rings. The SMILES string of the molecule is CCOc1nc(N)nc2c1nc1n2[C@@H]2O[C@H](COC(C)=O)[C@@H](OC(C)=O)[C@@H]2C1. The van der Waals surface area contributed by atoms with Gasteiger partial charge in [-0.3, -0.25) is 14.2 Å². The van der Waals surface area contributed by atoms with E-state index >= 15 is 0 Å². The number of esters is 2. The molecule has 1 saturated heterocycles. The minimum absolute atomic E-state index is 0.0104. The van der Waals surface area contributed by atoms with Crippen molar-refractivity contribution >= 4 is 29.1 Å². The molecule has 4 rings (SSSR count). The Morgan fingerprint density at radius 3 is 2.71 bits per heavy atom. The van der Waals surface area contributed by atoms with Crippen molar-refractivity contribution in [1.29, 1.82) is 0 Å². The minimum Gasteiger partial charge on any atom is -0.476 e. The van der Waals surface area contributed by atoms with Crippen LogP contribution < -0.4 is 10.5 Å². The Bertz CT molecular complexity index is 944. The number of fused-ring (bicyclic) bond motifs is 5. The fourth-order valence-electron chi connectivity index (χ4n) is 3.82. The molecule has 28 heavy (non-hydrogen) atoms. The molecule has 4 heterocycles. The Morgan fingerprint density at radius 1 is 1.25 bits per heavy atom. The number of hydrogen-bond donors (Lipinski definition) is 1. The predicted molar refractivity (Wildman–Crippen MR) is 94.2 cm³/mol. The largest absolute Gasteiger partial charge is 0.476 e. The van der Waals surface area contributed by atoms with Gasteiger partial charge in [0.05, 0.1) is 12.5 Å². The van der Waals surface area contributed by atoms with Gasteiger partial charge in [-0.2, -0.15) is 9.97 Å². The van der Waals surface area contributed by atoms with E-state index in [1.54, 1.807) is 0 Å². The number of nitrogens with zero attached hydrogens (tertiary/aromatic N) is 4. The van der Waals surface area contributed by atoms with Gasteiger partial charge in [-0.1, -0.05) is 0 Å². The van der Waals surface area contributed by atoms with Crippen molar-refractivity contribution in [3.8, 4) is 5.88 Å². The monoisotopic (exact) mass is 391 g/mol. The van der Waals surface area contributed by atoms with Crippen LogP contribution in [0.3, 0.4) is 0 Å². The molecule has 150 valence electrons. The summed E-state index contributed by atoms with van der Waals surface area (Å²) >= 11 is 0. The first kappa shape index (κ1) is 18.4. The molecular weight excluding hydrogens is 370 g/mol. The third-order valence-corrected chi connectivity index (χ3v) is 4.77. The fraction of sp³-hybridized carbons (Fsp3) is 0.588. The van der Waals surface area contributed by atoms with Crippen LogP contribution in [0.25, 0.3) is 11.2 Å². The standard InChI is InChI=1S/C17H21N5O6/c1-4-25-15-12-14(20-17(18)21-15)22-11(19-12)5-9-13(27-8(3)24)10(28-16(9)22)6-26-7(2)23/h9-10,13,16H,4-6H2,1-3H3,(H2,18,20,21)/t9-,10+,13-,16+/m0/s1. The van der Waals surface area contributed by atoms with E-state index in [1.165, 1.54) is 13.8 Å². The van der Waals surface area contributed by atoms with Gasteiger partial charge in [-0.25, -0.2) is 4.98 Å². The summed E-state index contributed by atoms with van der Waals surface area (Å²) in [5.41, 5.74) is 6.83. The summed E-state index contributed by atoms with van der Waals surface area (Å²) in [7, 11) is 0. The number of imidazole rings is 1. The zero-order valence-electron chi connectivity index (χ0n) is 15.7. The third kappa shape index (κ3) is 3.01. The zero-order valence-corrected chi connectivity index (χ0v) is 15.7. The Labute approximate surface area is 160 Å². The summed E-state index contributed by atoms with van der Waals surface area (Å²) in [6, 6.07) is 0. The normalized spacial score (nSPS) is 25.4.